The number of nitrogens with one attached hydrogen (secondary N) is 1. The van der Waals surface area contributed by atoms with Gasteiger partial charge in [-0.05, 0) is 30.7 Å². The second-order valence-electron chi connectivity index (χ2n) is 6.22. The van der Waals surface area contributed by atoms with E-state index in [1.54, 1.807) is 0 Å². The summed E-state index contributed by atoms with van der Waals surface area (Å²) in [6.45, 7) is -0.0155. The van der Waals surface area contributed by atoms with E-state index in [0.717, 1.165) is 10.6 Å². The van der Waals surface area contributed by atoms with E-state index in [1.807, 2.05) is 0 Å². The summed E-state index contributed by atoms with van der Waals surface area (Å²) in [7, 11) is -2.31. The van der Waals surface area contributed by atoms with Crippen LogP contribution in [-0.4, -0.2) is 39.2 Å². The SMILES string of the molecule is COc1ccc([N+](=O)[O-])cc1NC(=O)CCCN(c1cc(Cl)ccc1Cl)S(C)(=O)=O. The van der Waals surface area contributed by atoms with Crippen molar-refractivity contribution >= 4 is 56.2 Å². The number of amides is 1. The molecule has 2 rings (SSSR count). The summed E-state index contributed by atoms with van der Waals surface area (Å²) in [5, 5.41) is 14.0. The molecule has 0 aliphatic rings. The van der Waals surface area contributed by atoms with Gasteiger partial charge in [-0.3, -0.25) is 19.2 Å². The first-order valence-corrected chi connectivity index (χ1v) is 11.2. The van der Waals surface area contributed by atoms with Gasteiger partial charge >= 0.3 is 0 Å². The highest BCUT2D eigenvalue weighted by atomic mass is 35.5. The Kier molecular flexibility index (Phi) is 7.88. The second-order valence-corrected chi connectivity index (χ2v) is 8.97. The van der Waals surface area contributed by atoms with Gasteiger partial charge in [0.2, 0.25) is 15.9 Å². The van der Waals surface area contributed by atoms with Crippen molar-refractivity contribution in [2.75, 3.05) is 29.5 Å². The monoisotopic (exact) mass is 475 g/mol. The highest BCUT2D eigenvalue weighted by Gasteiger charge is 2.21. The maximum Gasteiger partial charge on any atom is 0.271 e. The predicted molar refractivity (Wildman–Crippen MR) is 116 cm³/mol. The molecule has 0 atom stereocenters. The number of carbonyl (C=O) groups is 1. The second kappa shape index (κ2) is 9.96. The Hall–Kier alpha value is -2.56. The van der Waals surface area contributed by atoms with Crippen LogP contribution in [0.2, 0.25) is 10.0 Å². The lowest BCUT2D eigenvalue weighted by atomic mass is 10.2. The number of rotatable bonds is 9. The number of hydrogen-bond donors (Lipinski definition) is 1. The van der Waals surface area contributed by atoms with Crippen LogP contribution >= 0.6 is 23.2 Å². The van der Waals surface area contributed by atoms with Crippen molar-refractivity contribution in [3.8, 4) is 5.75 Å². The van der Waals surface area contributed by atoms with Gasteiger partial charge in [0.15, 0.2) is 0 Å². The van der Waals surface area contributed by atoms with Crippen molar-refractivity contribution in [1.82, 2.24) is 0 Å². The minimum atomic E-state index is -3.68. The summed E-state index contributed by atoms with van der Waals surface area (Å²) >= 11 is 12.1. The summed E-state index contributed by atoms with van der Waals surface area (Å²) in [6, 6.07) is 8.27. The van der Waals surface area contributed by atoms with Crippen molar-refractivity contribution in [2.45, 2.75) is 12.8 Å². The van der Waals surface area contributed by atoms with Gasteiger partial charge in [0, 0.05) is 30.1 Å². The third-order valence-corrected chi connectivity index (χ3v) is 5.74. The molecular weight excluding hydrogens is 457 g/mol. The molecule has 1 N–H and O–H groups in total. The fourth-order valence-electron chi connectivity index (χ4n) is 2.65. The van der Waals surface area contributed by atoms with E-state index in [1.165, 1.54) is 43.5 Å². The average molecular weight is 476 g/mol. The van der Waals surface area contributed by atoms with Crippen molar-refractivity contribution in [3.63, 3.8) is 0 Å². The number of halogens is 2. The molecule has 0 aromatic heterocycles. The minimum absolute atomic E-state index is 0.0155. The smallest absolute Gasteiger partial charge is 0.271 e. The third-order valence-electron chi connectivity index (χ3n) is 4.01. The number of carbonyl (C=O) groups excluding carboxylic acids is 1. The molecule has 0 bridgehead atoms. The van der Waals surface area contributed by atoms with Gasteiger partial charge in [-0.1, -0.05) is 23.2 Å². The number of nitro groups is 1. The predicted octanol–water partition coefficient (Wildman–Crippen LogP) is 4.10. The number of nitrogens with zero attached hydrogens (tertiary/aromatic N) is 2. The third kappa shape index (κ3) is 6.22. The summed E-state index contributed by atoms with van der Waals surface area (Å²) in [4.78, 5) is 22.6. The molecule has 12 heteroatoms. The van der Waals surface area contributed by atoms with Gasteiger partial charge in [0.1, 0.15) is 5.75 Å². The molecule has 0 aliphatic carbocycles. The molecular formula is C18H19Cl2N3O6S. The topological polar surface area (TPSA) is 119 Å². The Balaban J connectivity index is 2.09. The zero-order valence-electron chi connectivity index (χ0n) is 16.1. The number of hydrogen-bond acceptors (Lipinski definition) is 6. The molecule has 0 unspecified atom stereocenters. The first kappa shape index (κ1) is 23.7. The summed E-state index contributed by atoms with van der Waals surface area (Å²) in [6.07, 6.45) is 1.15. The fraction of sp³-hybridized carbons (Fsp3) is 0.278. The molecule has 162 valence electrons. The van der Waals surface area contributed by atoms with Gasteiger partial charge in [-0.25, -0.2) is 8.42 Å². The van der Waals surface area contributed by atoms with Gasteiger partial charge in [-0.2, -0.15) is 0 Å². The molecule has 9 nitrogen and oxygen atoms in total. The molecule has 0 aliphatic heterocycles. The molecule has 2 aromatic carbocycles. The quantitative estimate of drug-likeness (QED) is 0.430. The van der Waals surface area contributed by atoms with Crippen molar-refractivity contribution in [3.05, 3.63) is 56.6 Å². The number of sulfonamides is 1. The van der Waals surface area contributed by atoms with E-state index in [0.29, 0.717) is 5.02 Å². The number of benzene rings is 2. The Labute approximate surface area is 183 Å². The molecule has 0 spiro atoms. The highest BCUT2D eigenvalue weighted by Crippen LogP contribution is 2.31. The van der Waals surface area contributed by atoms with E-state index in [2.05, 4.69) is 5.32 Å². The van der Waals surface area contributed by atoms with E-state index < -0.39 is 20.9 Å². The van der Waals surface area contributed by atoms with E-state index in [9.17, 15) is 23.3 Å². The molecule has 0 radical (unpaired) electrons. The maximum atomic E-state index is 12.3. The number of nitro benzene ring substituents is 1. The van der Waals surface area contributed by atoms with E-state index >= 15 is 0 Å². The first-order valence-electron chi connectivity index (χ1n) is 8.58. The molecule has 1 amide bonds. The first-order chi connectivity index (χ1) is 14.0. The van der Waals surface area contributed by atoms with Gasteiger partial charge in [-0.15, -0.1) is 0 Å². The summed E-state index contributed by atoms with van der Waals surface area (Å²) in [5.74, 6) is -0.197. The van der Waals surface area contributed by atoms with Gasteiger partial charge in [0.25, 0.3) is 5.69 Å². The van der Waals surface area contributed by atoms with Gasteiger partial charge in [0.05, 0.1) is 34.7 Å². The van der Waals surface area contributed by atoms with Crippen LogP contribution in [0, 0.1) is 10.1 Å². The van der Waals surface area contributed by atoms with E-state index in [-0.39, 0.29) is 47.2 Å². The maximum absolute atomic E-state index is 12.3. The van der Waals surface area contributed by atoms with Crippen LogP contribution in [0.4, 0.5) is 17.1 Å². The standard InChI is InChI=1S/C18H19Cl2N3O6S/c1-29-17-8-6-13(23(25)26)11-15(17)21-18(24)4-3-9-22(30(2,27)28)16-10-12(19)5-7-14(16)20/h5-8,10-11H,3-4,9H2,1-2H3,(H,21,24). The normalized spacial score (nSPS) is 11.1. The molecule has 2 aromatic rings. The fourth-order valence-corrected chi connectivity index (χ4v) is 4.05. The van der Waals surface area contributed by atoms with Crippen LogP contribution < -0.4 is 14.4 Å². The Morgan fingerprint density at radius 3 is 2.53 bits per heavy atom. The van der Waals surface area contributed by atoms with Crippen molar-refractivity contribution in [1.29, 1.82) is 0 Å². The average Bonchev–Trinajstić information content (AvgIpc) is 2.66. The highest BCUT2D eigenvalue weighted by molar-refractivity contribution is 7.92. The van der Waals surface area contributed by atoms with Crippen LogP contribution in [0.15, 0.2) is 36.4 Å². The summed E-state index contributed by atoms with van der Waals surface area (Å²) in [5.41, 5.74) is 0.159. The number of methoxy groups -OCH3 is 1. The lowest BCUT2D eigenvalue weighted by Gasteiger charge is -2.23. The molecule has 0 fully saturated rings. The number of ether oxygens (including phenoxy) is 1. The summed E-state index contributed by atoms with van der Waals surface area (Å²) < 4.78 is 30.6. The molecule has 30 heavy (non-hydrogen) atoms. The van der Waals surface area contributed by atoms with Crippen LogP contribution in [0.3, 0.4) is 0 Å². The number of non-ortho nitro benzene ring substituents is 1. The van der Waals surface area contributed by atoms with E-state index in [4.69, 9.17) is 27.9 Å². The van der Waals surface area contributed by atoms with Crippen molar-refractivity contribution in [2.24, 2.45) is 0 Å². The zero-order valence-corrected chi connectivity index (χ0v) is 18.4. The zero-order chi connectivity index (χ0) is 22.5. The van der Waals surface area contributed by atoms with Crippen LogP contribution in [0.1, 0.15) is 12.8 Å². The minimum Gasteiger partial charge on any atom is -0.495 e. The largest absolute Gasteiger partial charge is 0.495 e. The Morgan fingerprint density at radius 1 is 1.23 bits per heavy atom. The molecule has 0 heterocycles. The lowest BCUT2D eigenvalue weighted by molar-refractivity contribution is -0.384. The Bertz CT molecular complexity index is 1060. The Morgan fingerprint density at radius 2 is 1.93 bits per heavy atom. The van der Waals surface area contributed by atoms with Crippen LogP contribution in [0.5, 0.6) is 5.75 Å². The molecule has 0 saturated heterocycles. The van der Waals surface area contributed by atoms with Crippen LogP contribution in [-0.2, 0) is 14.8 Å². The molecule has 0 saturated carbocycles. The lowest BCUT2D eigenvalue weighted by Crippen LogP contribution is -2.31. The van der Waals surface area contributed by atoms with Crippen molar-refractivity contribution < 1.29 is 22.9 Å². The van der Waals surface area contributed by atoms with Gasteiger partial charge < -0.3 is 10.1 Å². The number of anilines is 2. The van der Waals surface area contributed by atoms with Crippen LogP contribution in [0.25, 0.3) is 0 Å².